The molecule has 0 aliphatic rings. The summed E-state index contributed by atoms with van der Waals surface area (Å²) < 4.78 is 21.8. The van der Waals surface area contributed by atoms with Crippen molar-refractivity contribution in [2.45, 2.75) is 25.7 Å². The fourth-order valence-electron chi connectivity index (χ4n) is 1.49. The molecule has 4 nitrogen and oxygen atoms in total. The van der Waals surface area contributed by atoms with E-state index in [0.29, 0.717) is 21.7 Å². The molecule has 1 rings (SSSR count). The molecular weight excluding hydrogens is 214 g/mol. The van der Waals surface area contributed by atoms with E-state index < -0.39 is 11.1 Å². The van der Waals surface area contributed by atoms with Crippen molar-refractivity contribution in [3.05, 3.63) is 23.3 Å². The van der Waals surface area contributed by atoms with Crippen molar-refractivity contribution in [1.29, 1.82) is 0 Å². The normalized spacial score (nSPS) is 12.3. The third-order valence-electron chi connectivity index (χ3n) is 1.95. The summed E-state index contributed by atoms with van der Waals surface area (Å²) in [5, 5.41) is 2.61. The van der Waals surface area contributed by atoms with Crippen LogP contribution in [0.15, 0.2) is 17.0 Å². The highest BCUT2D eigenvalue weighted by Gasteiger charge is 2.06. The van der Waals surface area contributed by atoms with Gasteiger partial charge in [-0.15, -0.1) is 0 Å². The number of nitrogens with one attached hydrogen (secondary N) is 1. The van der Waals surface area contributed by atoms with Gasteiger partial charge in [0.1, 0.15) is 0 Å². The summed E-state index contributed by atoms with van der Waals surface area (Å²) in [6.07, 6.45) is 0. The first-order valence-corrected chi connectivity index (χ1v) is 5.47. The van der Waals surface area contributed by atoms with Crippen LogP contribution in [0.4, 0.5) is 5.69 Å². The molecule has 0 saturated heterocycles. The van der Waals surface area contributed by atoms with Gasteiger partial charge in [0.05, 0.1) is 0 Å². The van der Waals surface area contributed by atoms with Gasteiger partial charge in [0, 0.05) is 17.5 Å². The Labute approximate surface area is 91.0 Å². The molecule has 0 saturated carbocycles. The molecule has 1 unspecified atom stereocenters. The SMILES string of the molecule is CC(=O)Nc1cc(C)c(S(=O)[O-])c(C)c1. The molecule has 1 aromatic carbocycles. The highest BCUT2D eigenvalue weighted by Crippen LogP contribution is 2.22. The third kappa shape index (κ3) is 2.87. The van der Waals surface area contributed by atoms with E-state index in [9.17, 15) is 13.6 Å². The Bertz CT molecular complexity index is 406. The monoisotopic (exact) mass is 226 g/mol. The smallest absolute Gasteiger partial charge is 0.221 e. The number of hydrogen-bond donors (Lipinski definition) is 1. The fourth-order valence-corrected chi connectivity index (χ4v) is 2.13. The lowest BCUT2D eigenvalue weighted by Crippen LogP contribution is -2.07. The lowest BCUT2D eigenvalue weighted by atomic mass is 10.1. The molecule has 1 N–H and O–H groups in total. The number of hydrogen-bond acceptors (Lipinski definition) is 3. The number of anilines is 1. The van der Waals surface area contributed by atoms with Crippen LogP contribution in [0.1, 0.15) is 18.1 Å². The van der Waals surface area contributed by atoms with Crippen molar-refractivity contribution in [2.75, 3.05) is 5.32 Å². The molecule has 0 aliphatic heterocycles. The predicted octanol–water partition coefficient (Wildman–Crippen LogP) is 1.50. The molecule has 1 atom stereocenters. The number of amides is 1. The minimum Gasteiger partial charge on any atom is -0.768 e. The molecule has 0 aliphatic carbocycles. The highest BCUT2D eigenvalue weighted by atomic mass is 32.2. The molecule has 0 heterocycles. The minimum atomic E-state index is -2.24. The van der Waals surface area contributed by atoms with Crippen LogP contribution in [0.25, 0.3) is 0 Å². The van der Waals surface area contributed by atoms with E-state index in [4.69, 9.17) is 0 Å². The summed E-state index contributed by atoms with van der Waals surface area (Å²) in [6, 6.07) is 3.28. The van der Waals surface area contributed by atoms with E-state index >= 15 is 0 Å². The zero-order valence-electron chi connectivity index (χ0n) is 8.79. The van der Waals surface area contributed by atoms with Crippen LogP contribution >= 0.6 is 0 Å². The maximum atomic E-state index is 10.9. The summed E-state index contributed by atoms with van der Waals surface area (Å²) in [4.78, 5) is 11.1. The van der Waals surface area contributed by atoms with Crippen molar-refractivity contribution in [2.24, 2.45) is 0 Å². The number of carbonyl (C=O) groups excluding carboxylic acids is 1. The van der Waals surface area contributed by atoms with Gasteiger partial charge < -0.3 is 9.87 Å². The standard InChI is InChI=1S/C10H13NO3S/c1-6-4-9(11-8(3)12)5-7(2)10(6)15(13)14/h4-5H,1-3H3,(H,11,12)(H,13,14)/p-1. The number of aryl methyl sites for hydroxylation is 2. The average molecular weight is 226 g/mol. The van der Waals surface area contributed by atoms with E-state index in [0.717, 1.165) is 0 Å². The van der Waals surface area contributed by atoms with Crippen molar-refractivity contribution >= 4 is 22.7 Å². The second-order valence-electron chi connectivity index (χ2n) is 3.36. The summed E-state index contributed by atoms with van der Waals surface area (Å²) in [5.74, 6) is -0.176. The van der Waals surface area contributed by atoms with E-state index in [1.807, 2.05) is 0 Å². The van der Waals surface area contributed by atoms with Gasteiger partial charge in [0.25, 0.3) is 0 Å². The Kier molecular flexibility index (Phi) is 3.60. The van der Waals surface area contributed by atoms with E-state index in [2.05, 4.69) is 5.32 Å². The molecule has 0 aromatic heterocycles. The molecule has 1 aromatic rings. The number of rotatable bonds is 2. The first-order valence-electron chi connectivity index (χ1n) is 4.40. The molecule has 0 radical (unpaired) electrons. The van der Waals surface area contributed by atoms with Crippen LogP contribution in [-0.4, -0.2) is 14.7 Å². The second kappa shape index (κ2) is 4.55. The van der Waals surface area contributed by atoms with Gasteiger partial charge in [-0.3, -0.25) is 9.00 Å². The van der Waals surface area contributed by atoms with Gasteiger partial charge in [-0.05, 0) is 48.2 Å². The zero-order chi connectivity index (χ0) is 11.6. The van der Waals surface area contributed by atoms with Crippen LogP contribution in [0, 0.1) is 13.8 Å². The Morgan fingerprint density at radius 3 is 2.13 bits per heavy atom. The van der Waals surface area contributed by atoms with Crippen molar-refractivity contribution in [3.63, 3.8) is 0 Å². The lowest BCUT2D eigenvalue weighted by Gasteiger charge is -2.14. The predicted molar refractivity (Wildman–Crippen MR) is 57.4 cm³/mol. The lowest BCUT2D eigenvalue weighted by molar-refractivity contribution is -0.114. The largest absolute Gasteiger partial charge is 0.768 e. The van der Waals surface area contributed by atoms with Gasteiger partial charge in [-0.1, -0.05) is 0 Å². The molecule has 5 heteroatoms. The molecule has 1 amide bonds. The molecule has 0 bridgehead atoms. The van der Waals surface area contributed by atoms with Crippen LogP contribution in [0.2, 0.25) is 0 Å². The Hall–Kier alpha value is -1.20. The van der Waals surface area contributed by atoms with Crippen LogP contribution in [0.5, 0.6) is 0 Å². The molecule has 15 heavy (non-hydrogen) atoms. The highest BCUT2D eigenvalue weighted by molar-refractivity contribution is 7.79. The molecule has 0 fully saturated rings. The maximum absolute atomic E-state index is 10.9. The van der Waals surface area contributed by atoms with Gasteiger partial charge >= 0.3 is 0 Å². The van der Waals surface area contributed by atoms with Crippen molar-refractivity contribution in [3.8, 4) is 0 Å². The number of carbonyl (C=O) groups is 1. The quantitative estimate of drug-likeness (QED) is 0.777. The summed E-state index contributed by atoms with van der Waals surface area (Å²) in [5.41, 5.74) is 1.88. The van der Waals surface area contributed by atoms with Crippen molar-refractivity contribution < 1.29 is 13.6 Å². The van der Waals surface area contributed by atoms with Gasteiger partial charge in [-0.2, -0.15) is 0 Å². The van der Waals surface area contributed by atoms with Crippen LogP contribution in [0.3, 0.4) is 0 Å². The summed E-state index contributed by atoms with van der Waals surface area (Å²) in [6.45, 7) is 4.80. The van der Waals surface area contributed by atoms with E-state index in [-0.39, 0.29) is 5.91 Å². The average Bonchev–Trinajstić information content (AvgIpc) is 1.99. The van der Waals surface area contributed by atoms with Gasteiger partial charge in [-0.25, -0.2) is 0 Å². The fraction of sp³-hybridized carbons (Fsp3) is 0.300. The zero-order valence-corrected chi connectivity index (χ0v) is 9.60. The van der Waals surface area contributed by atoms with E-state index in [1.165, 1.54) is 6.92 Å². The molecule has 82 valence electrons. The Balaban J connectivity index is 3.19. The molecule has 0 spiro atoms. The second-order valence-corrected chi connectivity index (χ2v) is 4.23. The van der Waals surface area contributed by atoms with Crippen molar-refractivity contribution in [1.82, 2.24) is 0 Å². The van der Waals surface area contributed by atoms with Crippen LogP contribution in [-0.2, 0) is 15.9 Å². The first-order chi connectivity index (χ1) is 6.91. The van der Waals surface area contributed by atoms with Crippen LogP contribution < -0.4 is 5.32 Å². The Morgan fingerprint density at radius 2 is 1.80 bits per heavy atom. The third-order valence-corrected chi connectivity index (χ3v) is 2.92. The number of benzene rings is 1. The van der Waals surface area contributed by atoms with Gasteiger partial charge in [0.2, 0.25) is 5.91 Å². The maximum Gasteiger partial charge on any atom is 0.221 e. The summed E-state index contributed by atoms with van der Waals surface area (Å²) in [7, 11) is 0. The first kappa shape index (κ1) is 11.9. The topological polar surface area (TPSA) is 69.2 Å². The Morgan fingerprint density at radius 1 is 1.33 bits per heavy atom. The molecular formula is C10H12NO3S-. The van der Waals surface area contributed by atoms with Gasteiger partial charge in [0.15, 0.2) is 0 Å². The summed E-state index contributed by atoms with van der Waals surface area (Å²) >= 11 is -2.24. The minimum absolute atomic E-state index is 0.176. The van der Waals surface area contributed by atoms with E-state index in [1.54, 1.807) is 26.0 Å².